The molecule has 2 N–H and O–H groups in total. The van der Waals surface area contributed by atoms with Crippen LogP contribution in [0.4, 0.5) is 0 Å². The molecule has 8 atom stereocenters. The summed E-state index contributed by atoms with van der Waals surface area (Å²) in [4.78, 5) is 23.9. The molecule has 37 heavy (non-hydrogen) atoms. The van der Waals surface area contributed by atoms with Gasteiger partial charge in [-0.3, -0.25) is 9.59 Å². The second kappa shape index (κ2) is 10.8. The summed E-state index contributed by atoms with van der Waals surface area (Å²) < 4.78 is 23.0. The molecule has 1 heterocycles. The topological polar surface area (TPSA) is 112 Å². The van der Waals surface area contributed by atoms with Gasteiger partial charge >= 0.3 is 11.9 Å². The minimum absolute atomic E-state index is 0.146. The first kappa shape index (κ1) is 27.6. The molecule has 0 amide bonds. The zero-order valence-electron chi connectivity index (χ0n) is 22.9. The standard InChI is InChI=1S/C29H40O8/c1-13(2)10-19-11-15(4)20-9-8-14(3)22-24(20)23(19)16(5)26(28(22)36-18(7)31)37-29-25(33)27(35-17(6)30)21(32)12-34-29/h10,14-15,19-21,25,27,29,32-33H,8-9,11-12H2,1-7H3/t14-,15-,19-,20+,21-,25?,27?,29+/m0/s1. The molecule has 0 saturated carbocycles. The Balaban J connectivity index is 1.89. The van der Waals surface area contributed by atoms with E-state index < -0.39 is 36.5 Å². The quantitative estimate of drug-likeness (QED) is 0.337. The fraction of sp³-hybridized carbons (Fsp3) is 0.655. The molecule has 1 aromatic rings. The fourth-order valence-corrected chi connectivity index (χ4v) is 6.49. The third-order valence-corrected chi connectivity index (χ3v) is 7.98. The lowest BCUT2D eigenvalue weighted by atomic mass is 9.62. The Kier molecular flexibility index (Phi) is 8.02. The summed E-state index contributed by atoms with van der Waals surface area (Å²) in [7, 11) is 0. The van der Waals surface area contributed by atoms with Crippen molar-refractivity contribution < 1.29 is 38.7 Å². The molecule has 8 heteroatoms. The van der Waals surface area contributed by atoms with Crippen molar-refractivity contribution in [1.82, 2.24) is 0 Å². The zero-order valence-corrected chi connectivity index (χ0v) is 22.9. The lowest BCUT2D eigenvalue weighted by molar-refractivity contribution is -0.249. The van der Waals surface area contributed by atoms with Gasteiger partial charge in [0.1, 0.15) is 6.10 Å². The van der Waals surface area contributed by atoms with Gasteiger partial charge in [0.2, 0.25) is 6.29 Å². The molecule has 0 aromatic heterocycles. The van der Waals surface area contributed by atoms with Gasteiger partial charge < -0.3 is 29.2 Å². The first-order chi connectivity index (χ1) is 17.4. The van der Waals surface area contributed by atoms with Crippen LogP contribution in [0.15, 0.2) is 11.6 Å². The van der Waals surface area contributed by atoms with Crippen molar-refractivity contribution in [3.05, 3.63) is 33.9 Å². The molecule has 0 spiro atoms. The Bertz CT molecular complexity index is 1090. The second-order valence-electron chi connectivity index (χ2n) is 11.2. The highest BCUT2D eigenvalue weighted by atomic mass is 16.7. The van der Waals surface area contributed by atoms with E-state index in [9.17, 15) is 19.8 Å². The normalized spacial score (nSPS) is 32.7. The van der Waals surface area contributed by atoms with Crippen LogP contribution in [0.2, 0.25) is 0 Å². The summed E-state index contributed by atoms with van der Waals surface area (Å²) in [5.74, 6) is 0.798. The van der Waals surface area contributed by atoms with Crippen LogP contribution in [-0.2, 0) is 19.1 Å². The molecule has 2 unspecified atom stereocenters. The molecule has 1 saturated heterocycles. The largest absolute Gasteiger partial charge is 0.458 e. The summed E-state index contributed by atoms with van der Waals surface area (Å²) >= 11 is 0. The van der Waals surface area contributed by atoms with Gasteiger partial charge in [0.25, 0.3) is 0 Å². The molecule has 0 radical (unpaired) electrons. The van der Waals surface area contributed by atoms with Gasteiger partial charge in [-0.05, 0) is 74.5 Å². The molecule has 8 nitrogen and oxygen atoms in total. The number of carbonyl (C=O) groups excluding carboxylic acids is 2. The molecule has 1 aliphatic heterocycles. The monoisotopic (exact) mass is 516 g/mol. The molecule has 1 aromatic carbocycles. The van der Waals surface area contributed by atoms with Gasteiger partial charge in [0, 0.05) is 25.3 Å². The Morgan fingerprint density at radius 1 is 0.973 bits per heavy atom. The minimum Gasteiger partial charge on any atom is -0.458 e. The van der Waals surface area contributed by atoms with E-state index in [4.69, 9.17) is 18.9 Å². The number of ether oxygens (including phenoxy) is 4. The van der Waals surface area contributed by atoms with Crippen LogP contribution in [-0.4, -0.2) is 53.4 Å². The van der Waals surface area contributed by atoms with E-state index >= 15 is 0 Å². The Hall–Kier alpha value is -2.42. The summed E-state index contributed by atoms with van der Waals surface area (Å²) in [6.07, 6.45) is 0.280. The van der Waals surface area contributed by atoms with Crippen LogP contribution in [0, 0.1) is 12.8 Å². The highest BCUT2D eigenvalue weighted by Crippen LogP contribution is 2.58. The first-order valence-electron chi connectivity index (χ1n) is 13.3. The van der Waals surface area contributed by atoms with Crippen LogP contribution < -0.4 is 9.47 Å². The second-order valence-corrected chi connectivity index (χ2v) is 11.2. The van der Waals surface area contributed by atoms with Crippen molar-refractivity contribution in [3.63, 3.8) is 0 Å². The number of esters is 2. The van der Waals surface area contributed by atoms with Gasteiger partial charge in [-0.1, -0.05) is 25.5 Å². The molecular weight excluding hydrogens is 476 g/mol. The summed E-state index contributed by atoms with van der Waals surface area (Å²) in [6.45, 7) is 13.0. The lowest BCUT2D eigenvalue weighted by Gasteiger charge is -2.44. The van der Waals surface area contributed by atoms with E-state index in [1.807, 2.05) is 6.92 Å². The van der Waals surface area contributed by atoms with Crippen LogP contribution in [0.1, 0.15) is 101 Å². The number of rotatable bonds is 5. The molecule has 0 bridgehead atoms. The molecule has 4 rings (SSSR count). The van der Waals surface area contributed by atoms with Crippen LogP contribution in [0.5, 0.6) is 11.5 Å². The highest BCUT2D eigenvalue weighted by Gasteiger charge is 2.45. The molecule has 1 fully saturated rings. The Morgan fingerprint density at radius 2 is 1.68 bits per heavy atom. The predicted octanol–water partition coefficient (Wildman–Crippen LogP) is 4.38. The number of aliphatic hydroxyl groups is 2. The van der Waals surface area contributed by atoms with Gasteiger partial charge in [-0.25, -0.2) is 0 Å². The van der Waals surface area contributed by atoms with Crippen molar-refractivity contribution in [2.75, 3.05) is 6.61 Å². The SMILES string of the molecule is CC(=O)Oc1c(O[C@H]2OC[C@H](O)C(OC(C)=O)C2O)c(C)c2c3c1[C@@H](C)CC[C@@H]3[C@@H](C)C[C@@H]2C=C(C)C. The third kappa shape index (κ3) is 5.29. The smallest absolute Gasteiger partial charge is 0.308 e. The first-order valence-corrected chi connectivity index (χ1v) is 13.3. The highest BCUT2D eigenvalue weighted by molar-refractivity contribution is 5.74. The van der Waals surface area contributed by atoms with Crippen LogP contribution >= 0.6 is 0 Å². The number of allylic oxidation sites excluding steroid dienone is 2. The predicted molar refractivity (Wildman–Crippen MR) is 137 cm³/mol. The van der Waals surface area contributed by atoms with Crippen LogP contribution in [0.25, 0.3) is 0 Å². The average molecular weight is 517 g/mol. The van der Waals surface area contributed by atoms with E-state index in [0.717, 1.165) is 30.4 Å². The van der Waals surface area contributed by atoms with Crippen molar-refractivity contribution >= 4 is 11.9 Å². The van der Waals surface area contributed by atoms with E-state index in [-0.39, 0.29) is 18.4 Å². The average Bonchev–Trinajstić information content (AvgIpc) is 2.79. The number of hydrogen-bond donors (Lipinski definition) is 2. The Morgan fingerprint density at radius 3 is 2.30 bits per heavy atom. The Labute approximate surface area is 218 Å². The summed E-state index contributed by atoms with van der Waals surface area (Å²) in [5, 5.41) is 21.2. The molecule has 204 valence electrons. The zero-order chi connectivity index (χ0) is 27.2. The fourth-order valence-electron chi connectivity index (χ4n) is 6.49. The van der Waals surface area contributed by atoms with Gasteiger partial charge in [0.05, 0.1) is 6.61 Å². The molecular formula is C29H40O8. The maximum Gasteiger partial charge on any atom is 0.308 e. The van der Waals surface area contributed by atoms with Crippen molar-refractivity contribution in [2.24, 2.45) is 5.92 Å². The van der Waals surface area contributed by atoms with Gasteiger partial charge in [-0.2, -0.15) is 0 Å². The number of carbonyl (C=O) groups is 2. The van der Waals surface area contributed by atoms with Gasteiger partial charge in [0.15, 0.2) is 23.7 Å². The van der Waals surface area contributed by atoms with E-state index in [0.29, 0.717) is 23.3 Å². The maximum absolute atomic E-state index is 12.3. The van der Waals surface area contributed by atoms with Gasteiger partial charge in [-0.15, -0.1) is 0 Å². The van der Waals surface area contributed by atoms with Crippen molar-refractivity contribution in [2.45, 2.75) is 110 Å². The number of benzene rings is 1. The minimum atomic E-state index is -1.44. The maximum atomic E-state index is 12.3. The third-order valence-electron chi connectivity index (χ3n) is 7.98. The lowest BCUT2D eigenvalue weighted by Crippen LogP contribution is -2.56. The van der Waals surface area contributed by atoms with Crippen LogP contribution in [0.3, 0.4) is 0 Å². The van der Waals surface area contributed by atoms with E-state index in [1.165, 1.54) is 30.5 Å². The number of hydrogen-bond acceptors (Lipinski definition) is 8. The molecule has 2 aliphatic carbocycles. The summed E-state index contributed by atoms with van der Waals surface area (Å²) in [5.41, 5.74) is 5.51. The van der Waals surface area contributed by atoms with E-state index in [1.54, 1.807) is 0 Å². The van der Waals surface area contributed by atoms with Crippen molar-refractivity contribution in [1.29, 1.82) is 0 Å². The van der Waals surface area contributed by atoms with E-state index in [2.05, 4.69) is 33.8 Å². The van der Waals surface area contributed by atoms with Crippen molar-refractivity contribution in [3.8, 4) is 11.5 Å². The summed E-state index contributed by atoms with van der Waals surface area (Å²) in [6, 6.07) is 0. The molecule has 3 aliphatic rings. The number of aliphatic hydroxyl groups excluding tert-OH is 2.